The van der Waals surface area contributed by atoms with Crippen molar-refractivity contribution in [1.29, 1.82) is 0 Å². The van der Waals surface area contributed by atoms with Crippen molar-refractivity contribution in [3.63, 3.8) is 0 Å². The van der Waals surface area contributed by atoms with Gasteiger partial charge in [-0.2, -0.15) is 0 Å². The molecule has 0 radical (unpaired) electrons. The van der Waals surface area contributed by atoms with Gasteiger partial charge in [0.05, 0.1) is 11.7 Å². The number of nitrogens with two attached hydrogens (primary N) is 1. The fourth-order valence-corrected chi connectivity index (χ4v) is 3.19. The maximum Gasteiger partial charge on any atom is 0.257 e. The van der Waals surface area contributed by atoms with Gasteiger partial charge in [-0.05, 0) is 55.7 Å². The highest BCUT2D eigenvalue weighted by Crippen LogP contribution is 2.27. The molecule has 2 aromatic rings. The number of rotatable bonds is 5. The molecule has 0 spiro atoms. The smallest absolute Gasteiger partial charge is 0.257 e. The molecule has 1 saturated carbocycles. The van der Waals surface area contributed by atoms with Gasteiger partial charge < -0.3 is 26.4 Å². The summed E-state index contributed by atoms with van der Waals surface area (Å²) in [6.45, 7) is 2.96. The number of benzene rings is 2. The van der Waals surface area contributed by atoms with Crippen LogP contribution in [0.1, 0.15) is 39.1 Å². The molecule has 28 heavy (non-hydrogen) atoms. The van der Waals surface area contributed by atoms with Crippen molar-refractivity contribution in [3.05, 3.63) is 53.1 Å². The summed E-state index contributed by atoms with van der Waals surface area (Å²) in [7, 11) is 0. The minimum Gasteiger partial charge on any atom is -0.398 e. The van der Waals surface area contributed by atoms with E-state index in [0.29, 0.717) is 35.6 Å². The Morgan fingerprint density at radius 1 is 1.11 bits per heavy atom. The summed E-state index contributed by atoms with van der Waals surface area (Å²) in [5, 5.41) is 15.3. The normalized spacial score (nSPS) is 16.4. The monoisotopic (exact) mass is 380 g/mol. The second kappa shape index (κ2) is 7.16. The molecule has 2 aromatic carbocycles. The maximum atomic E-state index is 12.8. The molecule has 2 fully saturated rings. The van der Waals surface area contributed by atoms with Gasteiger partial charge in [-0.1, -0.05) is 6.07 Å². The van der Waals surface area contributed by atoms with Crippen LogP contribution in [0.2, 0.25) is 0 Å². The number of aryl methyl sites for hydroxylation is 1. The molecule has 2 aliphatic rings. The summed E-state index contributed by atoms with van der Waals surface area (Å²) in [6, 6.07) is 10.8. The summed E-state index contributed by atoms with van der Waals surface area (Å²) in [5.74, 6) is -0.459. The highest BCUT2D eigenvalue weighted by Gasteiger charge is 2.26. The van der Waals surface area contributed by atoms with Crippen LogP contribution in [-0.4, -0.2) is 42.2 Å². The molecule has 7 heteroatoms. The molecule has 1 heterocycles. The van der Waals surface area contributed by atoms with E-state index in [-0.39, 0.29) is 24.0 Å². The van der Waals surface area contributed by atoms with Crippen LogP contribution in [0.3, 0.4) is 0 Å². The Morgan fingerprint density at radius 2 is 1.86 bits per heavy atom. The molecule has 4 rings (SSSR count). The first kappa shape index (κ1) is 18.3. The Kier molecular flexibility index (Phi) is 4.68. The zero-order chi connectivity index (χ0) is 19.8. The van der Waals surface area contributed by atoms with E-state index in [1.54, 1.807) is 24.3 Å². The van der Waals surface area contributed by atoms with Crippen LogP contribution in [0, 0.1) is 6.92 Å². The number of nitrogens with zero attached hydrogens (tertiary/aromatic N) is 1. The van der Waals surface area contributed by atoms with Crippen molar-refractivity contribution >= 4 is 28.9 Å². The predicted molar refractivity (Wildman–Crippen MR) is 109 cm³/mol. The first-order valence-electron chi connectivity index (χ1n) is 9.46. The average molecular weight is 380 g/mol. The fourth-order valence-electron chi connectivity index (χ4n) is 3.19. The molecule has 0 bridgehead atoms. The maximum absolute atomic E-state index is 12.8. The minimum absolute atomic E-state index is 0.129. The van der Waals surface area contributed by atoms with Crippen molar-refractivity contribution in [1.82, 2.24) is 5.32 Å². The van der Waals surface area contributed by atoms with E-state index in [1.807, 2.05) is 24.0 Å². The molecular formula is C21H24N4O3. The van der Waals surface area contributed by atoms with E-state index in [4.69, 9.17) is 5.73 Å². The van der Waals surface area contributed by atoms with Crippen LogP contribution in [0.25, 0.3) is 0 Å². The first-order chi connectivity index (χ1) is 13.4. The lowest BCUT2D eigenvalue weighted by Gasteiger charge is -2.38. The molecule has 1 saturated heterocycles. The van der Waals surface area contributed by atoms with Gasteiger partial charge in [-0.25, -0.2) is 0 Å². The number of β-amino-alcohol motifs (C(OH)–C–C–N with tert-alkyl or cyclic N) is 1. The number of carbonyl (C=O) groups excluding carboxylic acids is 2. The number of nitrogen functional groups attached to an aromatic ring is 1. The Morgan fingerprint density at radius 3 is 2.54 bits per heavy atom. The largest absolute Gasteiger partial charge is 0.398 e. The van der Waals surface area contributed by atoms with E-state index in [1.165, 1.54) is 0 Å². The number of hydrogen-bond acceptors (Lipinski definition) is 5. The van der Waals surface area contributed by atoms with Crippen molar-refractivity contribution in [3.8, 4) is 0 Å². The van der Waals surface area contributed by atoms with Crippen LogP contribution in [0.4, 0.5) is 17.1 Å². The number of anilines is 3. The van der Waals surface area contributed by atoms with Gasteiger partial charge in [0, 0.05) is 41.8 Å². The summed E-state index contributed by atoms with van der Waals surface area (Å²) in [5.41, 5.74) is 9.56. The second-order valence-corrected chi connectivity index (χ2v) is 7.56. The molecule has 0 atom stereocenters. The van der Waals surface area contributed by atoms with E-state index in [9.17, 15) is 14.7 Å². The zero-order valence-electron chi connectivity index (χ0n) is 15.7. The predicted octanol–water partition coefficient (Wildman–Crippen LogP) is 1.90. The van der Waals surface area contributed by atoms with Gasteiger partial charge in [0.15, 0.2) is 0 Å². The molecule has 2 amide bonds. The highest BCUT2D eigenvalue weighted by molar-refractivity contribution is 6.09. The number of aliphatic hydroxyl groups is 1. The van der Waals surface area contributed by atoms with Crippen LogP contribution < -0.4 is 21.3 Å². The van der Waals surface area contributed by atoms with Gasteiger partial charge in [0.2, 0.25) is 0 Å². The second-order valence-electron chi connectivity index (χ2n) is 7.56. The van der Waals surface area contributed by atoms with E-state index in [0.717, 1.165) is 24.1 Å². The van der Waals surface area contributed by atoms with Gasteiger partial charge in [-0.3, -0.25) is 9.59 Å². The Balaban J connectivity index is 1.53. The fraction of sp³-hybridized carbons (Fsp3) is 0.333. The molecule has 1 aliphatic heterocycles. The third-order valence-electron chi connectivity index (χ3n) is 5.17. The van der Waals surface area contributed by atoms with E-state index < -0.39 is 0 Å². The summed E-state index contributed by atoms with van der Waals surface area (Å²) < 4.78 is 0. The number of amides is 2. The standard InChI is InChI=1S/C21H24N4O3/c1-12-2-3-13(20(27)23-14-4-5-14)8-19(12)24-21(28)17-9-15(6-7-18(17)22)25-10-16(26)11-25/h2-3,6-9,14,16,26H,4-5,10-11,22H2,1H3,(H,23,27)(H,24,28). The van der Waals surface area contributed by atoms with Gasteiger partial charge in [-0.15, -0.1) is 0 Å². The molecular weight excluding hydrogens is 356 g/mol. The summed E-state index contributed by atoms with van der Waals surface area (Å²) in [6.07, 6.45) is 1.71. The lowest BCUT2D eigenvalue weighted by molar-refractivity contribution is 0.0949. The highest BCUT2D eigenvalue weighted by atomic mass is 16.3. The van der Waals surface area contributed by atoms with Crippen LogP contribution in [-0.2, 0) is 0 Å². The van der Waals surface area contributed by atoms with E-state index >= 15 is 0 Å². The Hall–Kier alpha value is -3.06. The van der Waals surface area contributed by atoms with Crippen molar-refractivity contribution in [2.45, 2.75) is 31.9 Å². The zero-order valence-corrected chi connectivity index (χ0v) is 15.7. The molecule has 146 valence electrons. The lowest BCUT2D eigenvalue weighted by atomic mass is 10.1. The topological polar surface area (TPSA) is 108 Å². The minimum atomic E-state index is -0.331. The Bertz CT molecular complexity index is 933. The number of hydrogen-bond donors (Lipinski definition) is 4. The quantitative estimate of drug-likeness (QED) is 0.593. The summed E-state index contributed by atoms with van der Waals surface area (Å²) in [4.78, 5) is 27.1. The van der Waals surface area contributed by atoms with Gasteiger partial charge >= 0.3 is 0 Å². The van der Waals surface area contributed by atoms with Gasteiger partial charge in [0.25, 0.3) is 11.8 Å². The number of aliphatic hydroxyl groups excluding tert-OH is 1. The molecule has 0 unspecified atom stereocenters. The van der Waals surface area contributed by atoms with Crippen LogP contribution >= 0.6 is 0 Å². The van der Waals surface area contributed by atoms with E-state index in [2.05, 4.69) is 10.6 Å². The molecule has 7 nitrogen and oxygen atoms in total. The van der Waals surface area contributed by atoms with Crippen LogP contribution in [0.5, 0.6) is 0 Å². The summed E-state index contributed by atoms with van der Waals surface area (Å²) >= 11 is 0. The Labute approximate surface area is 163 Å². The average Bonchev–Trinajstić information content (AvgIpc) is 3.45. The lowest BCUT2D eigenvalue weighted by Crippen LogP contribution is -2.50. The number of carbonyl (C=O) groups is 2. The number of nitrogens with one attached hydrogen (secondary N) is 2. The van der Waals surface area contributed by atoms with Crippen molar-refractivity contribution < 1.29 is 14.7 Å². The first-order valence-corrected chi connectivity index (χ1v) is 9.46. The van der Waals surface area contributed by atoms with Gasteiger partial charge in [0.1, 0.15) is 0 Å². The van der Waals surface area contributed by atoms with Crippen molar-refractivity contribution in [2.24, 2.45) is 0 Å². The van der Waals surface area contributed by atoms with Crippen molar-refractivity contribution in [2.75, 3.05) is 29.0 Å². The third kappa shape index (κ3) is 3.80. The SMILES string of the molecule is Cc1ccc(C(=O)NC2CC2)cc1NC(=O)c1cc(N2CC(O)C2)ccc1N. The molecule has 1 aliphatic carbocycles. The molecule has 5 N–H and O–H groups in total. The van der Waals surface area contributed by atoms with Crippen LogP contribution in [0.15, 0.2) is 36.4 Å². The third-order valence-corrected chi connectivity index (χ3v) is 5.17. The molecule has 0 aromatic heterocycles.